The summed E-state index contributed by atoms with van der Waals surface area (Å²) in [6.07, 6.45) is 1.27. The molecule has 0 saturated heterocycles. The number of carbonyl (C=O) groups excluding carboxylic acids is 2. The minimum absolute atomic E-state index is 0.0106. The number of anilines is 1. The van der Waals surface area contributed by atoms with Crippen molar-refractivity contribution in [2.24, 2.45) is 0 Å². The second-order valence-electron chi connectivity index (χ2n) is 9.38. The highest BCUT2D eigenvalue weighted by atomic mass is 79.9. The summed E-state index contributed by atoms with van der Waals surface area (Å²) >= 11 is 15.7. The van der Waals surface area contributed by atoms with Gasteiger partial charge in [-0.1, -0.05) is 75.5 Å². The lowest BCUT2D eigenvalue weighted by molar-refractivity contribution is -0.140. The summed E-state index contributed by atoms with van der Waals surface area (Å²) in [4.78, 5) is 28.9. The Morgan fingerprint density at radius 3 is 2.13 bits per heavy atom. The molecule has 7 nitrogen and oxygen atoms in total. The zero-order valence-corrected chi connectivity index (χ0v) is 25.7. The van der Waals surface area contributed by atoms with Gasteiger partial charge in [-0.15, -0.1) is 0 Å². The Bertz CT molecular complexity index is 1400. The number of hydrogen-bond acceptors (Lipinski definition) is 4. The first-order valence-electron chi connectivity index (χ1n) is 12.2. The van der Waals surface area contributed by atoms with Crippen LogP contribution in [-0.2, 0) is 32.6 Å². The van der Waals surface area contributed by atoms with Crippen molar-refractivity contribution in [1.29, 1.82) is 0 Å². The largest absolute Gasteiger partial charge is 0.352 e. The molecule has 39 heavy (non-hydrogen) atoms. The summed E-state index contributed by atoms with van der Waals surface area (Å²) in [5.74, 6) is -0.897. The van der Waals surface area contributed by atoms with Crippen LogP contribution in [0.25, 0.3) is 0 Å². The van der Waals surface area contributed by atoms with Crippen LogP contribution >= 0.6 is 39.1 Å². The summed E-state index contributed by atoms with van der Waals surface area (Å²) in [6.45, 7) is 3.18. The number of halogens is 3. The van der Waals surface area contributed by atoms with Gasteiger partial charge in [0.2, 0.25) is 21.8 Å². The molecule has 2 amide bonds. The zero-order valence-electron chi connectivity index (χ0n) is 21.8. The van der Waals surface area contributed by atoms with Crippen molar-refractivity contribution < 1.29 is 18.0 Å². The first-order chi connectivity index (χ1) is 18.3. The van der Waals surface area contributed by atoms with Gasteiger partial charge in [0.05, 0.1) is 22.0 Å². The zero-order chi connectivity index (χ0) is 28.7. The quantitative estimate of drug-likeness (QED) is 0.288. The van der Waals surface area contributed by atoms with Crippen molar-refractivity contribution >= 4 is 66.7 Å². The van der Waals surface area contributed by atoms with Gasteiger partial charge in [-0.2, -0.15) is 0 Å². The van der Waals surface area contributed by atoms with Gasteiger partial charge in [0.1, 0.15) is 12.6 Å². The van der Waals surface area contributed by atoms with Crippen LogP contribution in [-0.4, -0.2) is 50.0 Å². The number of hydrogen-bond donors (Lipinski definition) is 1. The smallest absolute Gasteiger partial charge is 0.244 e. The van der Waals surface area contributed by atoms with Gasteiger partial charge < -0.3 is 10.2 Å². The van der Waals surface area contributed by atoms with Gasteiger partial charge >= 0.3 is 0 Å². The van der Waals surface area contributed by atoms with Gasteiger partial charge in [-0.3, -0.25) is 13.9 Å². The molecule has 3 aromatic rings. The van der Waals surface area contributed by atoms with Crippen molar-refractivity contribution in [3.05, 3.63) is 98.4 Å². The lowest BCUT2D eigenvalue weighted by Gasteiger charge is -2.34. The summed E-state index contributed by atoms with van der Waals surface area (Å²) in [7, 11) is -3.84. The molecule has 0 fully saturated rings. The van der Waals surface area contributed by atoms with E-state index in [0.29, 0.717) is 21.3 Å². The molecule has 0 aliphatic heterocycles. The number of carbonyl (C=O) groups is 2. The van der Waals surface area contributed by atoms with Crippen molar-refractivity contribution in [1.82, 2.24) is 10.2 Å². The number of amides is 2. The molecule has 0 aromatic heterocycles. The standard InChI is InChI=1S/C28H30BrCl2N3O4S/c1-19(2)32-28(36)26(16-20-7-5-4-6-8-20)33(17-21-9-14-24(30)25(31)15-21)27(35)18-34(39(3,37)38)23-12-10-22(29)11-13-23/h4-15,19,26H,16-18H2,1-3H3,(H,32,36)/t26-/m1/s1. The minimum Gasteiger partial charge on any atom is -0.352 e. The predicted molar refractivity (Wildman–Crippen MR) is 161 cm³/mol. The van der Waals surface area contributed by atoms with Crippen LogP contribution in [0, 0.1) is 0 Å². The second-order valence-corrected chi connectivity index (χ2v) is 13.0. The topological polar surface area (TPSA) is 86.8 Å². The third kappa shape index (κ3) is 8.96. The van der Waals surface area contributed by atoms with E-state index in [1.54, 1.807) is 42.5 Å². The van der Waals surface area contributed by atoms with E-state index in [-0.39, 0.29) is 24.9 Å². The second kappa shape index (κ2) is 13.7. The number of rotatable bonds is 11. The minimum atomic E-state index is -3.84. The van der Waals surface area contributed by atoms with Crippen molar-refractivity contribution in [2.45, 2.75) is 38.9 Å². The van der Waals surface area contributed by atoms with E-state index in [1.807, 2.05) is 44.2 Å². The molecule has 0 saturated carbocycles. The molecule has 0 radical (unpaired) electrons. The molecule has 11 heteroatoms. The Hall–Kier alpha value is -2.59. The van der Waals surface area contributed by atoms with Crippen molar-refractivity contribution in [3.8, 4) is 0 Å². The van der Waals surface area contributed by atoms with E-state index in [4.69, 9.17) is 23.2 Å². The number of sulfonamides is 1. The molecule has 3 rings (SSSR count). The first kappa shape index (κ1) is 30.9. The number of nitrogens with one attached hydrogen (secondary N) is 1. The fraction of sp³-hybridized carbons (Fsp3) is 0.286. The molecule has 208 valence electrons. The van der Waals surface area contributed by atoms with Crippen LogP contribution in [0.3, 0.4) is 0 Å². The number of nitrogens with zero attached hydrogens (tertiary/aromatic N) is 2. The van der Waals surface area contributed by atoms with Gasteiger partial charge in [-0.25, -0.2) is 8.42 Å². The summed E-state index contributed by atoms with van der Waals surface area (Å²) in [6, 6.07) is 19.8. The average Bonchev–Trinajstić information content (AvgIpc) is 2.87. The van der Waals surface area contributed by atoms with E-state index in [0.717, 1.165) is 20.6 Å². The maximum atomic E-state index is 14.0. The third-order valence-electron chi connectivity index (χ3n) is 5.83. The fourth-order valence-corrected chi connectivity index (χ4v) is 5.43. The monoisotopic (exact) mass is 653 g/mol. The van der Waals surface area contributed by atoms with Crippen LogP contribution < -0.4 is 9.62 Å². The SMILES string of the molecule is CC(C)NC(=O)[C@@H](Cc1ccccc1)N(Cc1ccc(Cl)c(Cl)c1)C(=O)CN(c1ccc(Br)cc1)S(C)(=O)=O. The first-order valence-corrected chi connectivity index (χ1v) is 15.6. The van der Waals surface area contributed by atoms with Gasteiger partial charge in [0, 0.05) is 23.5 Å². The van der Waals surface area contributed by atoms with Gasteiger partial charge in [0.25, 0.3) is 0 Å². The molecule has 3 aromatic carbocycles. The van der Waals surface area contributed by atoms with Crippen LogP contribution in [0.15, 0.2) is 77.3 Å². The molecular weight excluding hydrogens is 625 g/mol. The summed E-state index contributed by atoms with van der Waals surface area (Å²) in [5, 5.41) is 3.57. The van der Waals surface area contributed by atoms with Crippen molar-refractivity contribution in [3.63, 3.8) is 0 Å². The lowest BCUT2D eigenvalue weighted by atomic mass is 10.0. The van der Waals surface area contributed by atoms with E-state index < -0.39 is 28.5 Å². The van der Waals surface area contributed by atoms with Gasteiger partial charge in [-0.05, 0) is 61.4 Å². The van der Waals surface area contributed by atoms with Crippen molar-refractivity contribution in [2.75, 3.05) is 17.1 Å². The van der Waals surface area contributed by atoms with Crippen LogP contribution in [0.1, 0.15) is 25.0 Å². The molecule has 1 N–H and O–H groups in total. The molecule has 0 aliphatic rings. The highest BCUT2D eigenvalue weighted by Gasteiger charge is 2.33. The number of benzene rings is 3. The third-order valence-corrected chi connectivity index (χ3v) is 8.24. The Labute approximate surface area is 248 Å². The normalized spacial score (nSPS) is 12.2. The van der Waals surface area contributed by atoms with E-state index >= 15 is 0 Å². The Balaban J connectivity index is 2.06. The van der Waals surface area contributed by atoms with E-state index in [1.165, 1.54) is 4.90 Å². The molecule has 0 heterocycles. The Morgan fingerprint density at radius 2 is 1.56 bits per heavy atom. The Morgan fingerprint density at radius 1 is 0.923 bits per heavy atom. The lowest BCUT2D eigenvalue weighted by Crippen LogP contribution is -2.54. The maximum absolute atomic E-state index is 14.0. The van der Waals surface area contributed by atoms with Crippen LogP contribution in [0.5, 0.6) is 0 Å². The fourth-order valence-electron chi connectivity index (χ4n) is 3.99. The van der Waals surface area contributed by atoms with E-state index in [9.17, 15) is 18.0 Å². The van der Waals surface area contributed by atoms with Crippen LogP contribution in [0.4, 0.5) is 5.69 Å². The van der Waals surface area contributed by atoms with Crippen LogP contribution in [0.2, 0.25) is 10.0 Å². The highest BCUT2D eigenvalue weighted by molar-refractivity contribution is 9.10. The predicted octanol–water partition coefficient (Wildman–Crippen LogP) is 5.69. The van der Waals surface area contributed by atoms with Gasteiger partial charge in [0.15, 0.2) is 0 Å². The molecule has 0 aliphatic carbocycles. The molecular formula is C28H30BrCl2N3O4S. The summed E-state index contributed by atoms with van der Waals surface area (Å²) in [5.41, 5.74) is 1.82. The van der Waals surface area contributed by atoms with E-state index in [2.05, 4.69) is 21.2 Å². The Kier molecular flexibility index (Phi) is 10.8. The molecule has 0 unspecified atom stereocenters. The highest BCUT2D eigenvalue weighted by Crippen LogP contribution is 2.25. The molecule has 0 spiro atoms. The maximum Gasteiger partial charge on any atom is 0.244 e. The average molecular weight is 655 g/mol. The molecule has 1 atom stereocenters. The summed E-state index contributed by atoms with van der Waals surface area (Å²) < 4.78 is 27.4. The molecule has 0 bridgehead atoms.